The molecule has 6 aromatic rings. The lowest BCUT2D eigenvalue weighted by atomic mass is 10.2. The number of likely N-dealkylation sites (tertiary alicyclic amines) is 2. The fraction of sp³-hybridized carbons (Fsp3) is 0.418. The quantitative estimate of drug-likeness (QED) is 0.0990. The maximum absolute atomic E-state index is 13.1. The Morgan fingerprint density at radius 2 is 1.18 bits per heavy atom. The maximum Gasteiger partial charge on any atom is 0.324 e. The van der Waals surface area contributed by atoms with E-state index < -0.39 is 10.0 Å². The first kappa shape index (κ1) is 50.5. The summed E-state index contributed by atoms with van der Waals surface area (Å²) in [5.74, 6) is 1.37. The second-order valence-electron chi connectivity index (χ2n) is 19.0. The zero-order chi connectivity index (χ0) is 49.3. The SMILES string of the molecule is CC1CCCN1CCCOc1ccc(-c2nc3c(s2)CN(C(=O)NC(=O)c2ccccc2)CC3)cc1.Cc1ccc(S(=O)(=O)N2CCc3nc(-c4ccc(OCCCN5CCCC5C)cc4)sc3C2)cc1. The van der Waals surface area contributed by atoms with Crippen LogP contribution in [0.5, 0.6) is 11.5 Å². The number of imide groups is 1. The Morgan fingerprint density at radius 1 is 0.662 bits per heavy atom. The number of aryl methyl sites for hydroxylation is 1. The number of ether oxygens (including phenoxy) is 2. The van der Waals surface area contributed by atoms with E-state index in [1.165, 1.54) is 38.8 Å². The number of nitrogens with one attached hydrogen (secondary N) is 1. The van der Waals surface area contributed by atoms with E-state index in [1.807, 2.05) is 73.7 Å². The summed E-state index contributed by atoms with van der Waals surface area (Å²) >= 11 is 3.19. The van der Waals surface area contributed by atoms with E-state index in [-0.39, 0.29) is 11.9 Å². The summed E-state index contributed by atoms with van der Waals surface area (Å²) in [6, 6.07) is 33.1. The third kappa shape index (κ3) is 12.8. The van der Waals surface area contributed by atoms with Crippen LogP contribution < -0.4 is 14.8 Å². The molecule has 2 atom stereocenters. The normalized spacial score (nSPS) is 18.3. The lowest BCUT2D eigenvalue weighted by molar-refractivity contribution is 0.0950. The predicted molar refractivity (Wildman–Crippen MR) is 282 cm³/mol. The summed E-state index contributed by atoms with van der Waals surface area (Å²) in [7, 11) is -3.51. The van der Waals surface area contributed by atoms with E-state index in [4.69, 9.17) is 19.4 Å². The van der Waals surface area contributed by atoms with Gasteiger partial charge in [-0.3, -0.25) is 10.1 Å². The molecule has 6 heterocycles. The van der Waals surface area contributed by atoms with Gasteiger partial charge in [0.15, 0.2) is 0 Å². The van der Waals surface area contributed by atoms with Crippen LogP contribution in [0, 0.1) is 6.92 Å². The Bertz CT molecular complexity index is 2840. The van der Waals surface area contributed by atoms with Gasteiger partial charge in [-0.2, -0.15) is 4.31 Å². The Morgan fingerprint density at radius 3 is 1.70 bits per heavy atom. The number of rotatable bonds is 15. The molecule has 2 fully saturated rings. The first-order chi connectivity index (χ1) is 34.5. The number of aromatic nitrogens is 2. The van der Waals surface area contributed by atoms with Gasteiger partial charge < -0.3 is 24.2 Å². The first-order valence-electron chi connectivity index (χ1n) is 25.1. The minimum Gasteiger partial charge on any atom is -0.494 e. The standard InChI is InChI=1S/C28H32N4O3S.C27H33N3O3S2/c1-20-7-5-15-31(20)16-6-18-35-23-12-10-22(11-13-23)27-29-24-14-17-32(19-25(24)36-27)28(34)30-26(33)21-8-3-2-4-9-21;1-20-6-12-24(13-7-20)35(31,32)30-17-14-25-26(19-30)34-27(28-25)22-8-10-23(11-9-22)33-18-4-16-29-15-3-5-21(29)2/h2-4,8-13,20H,5-7,14-19H2,1H3,(H,30,33,34);6-13,21H,3-5,14-19H2,1-2H3. The summed E-state index contributed by atoms with van der Waals surface area (Å²) in [4.78, 5) is 43.9. The maximum atomic E-state index is 13.1. The number of urea groups is 1. The highest BCUT2D eigenvalue weighted by Gasteiger charge is 2.31. The van der Waals surface area contributed by atoms with Crippen LogP contribution in [-0.4, -0.2) is 114 Å². The minimum absolute atomic E-state index is 0.349. The van der Waals surface area contributed by atoms with Gasteiger partial charge in [0.25, 0.3) is 5.91 Å². The van der Waals surface area contributed by atoms with Crippen molar-refractivity contribution in [2.75, 3.05) is 52.5 Å². The number of hydrogen-bond donors (Lipinski definition) is 1. The van der Waals surface area contributed by atoms with Crippen molar-refractivity contribution in [2.24, 2.45) is 0 Å². The molecule has 1 N–H and O–H groups in total. The summed E-state index contributed by atoms with van der Waals surface area (Å²) in [5, 5.41) is 4.37. The van der Waals surface area contributed by atoms with Crippen molar-refractivity contribution >= 4 is 44.6 Å². The lowest BCUT2D eigenvalue weighted by Crippen LogP contribution is -2.44. The van der Waals surface area contributed by atoms with Crippen molar-refractivity contribution in [1.82, 2.24) is 34.3 Å². The Labute approximate surface area is 426 Å². The number of fused-ring (bicyclic) bond motifs is 2. The number of sulfonamides is 1. The number of amides is 3. The molecule has 2 aromatic heterocycles. The van der Waals surface area contributed by atoms with Crippen LogP contribution in [0.3, 0.4) is 0 Å². The Hall–Kier alpha value is -5.49. The van der Waals surface area contributed by atoms with E-state index in [9.17, 15) is 18.0 Å². The molecule has 10 rings (SSSR count). The van der Waals surface area contributed by atoms with Gasteiger partial charge in [0, 0.05) is 77.5 Å². The highest BCUT2D eigenvalue weighted by atomic mass is 32.2. The summed E-state index contributed by atoms with van der Waals surface area (Å²) in [6.07, 6.45) is 8.61. The number of carbonyl (C=O) groups excluding carboxylic acids is 2. The van der Waals surface area contributed by atoms with Gasteiger partial charge in [0.2, 0.25) is 10.0 Å². The summed E-state index contributed by atoms with van der Waals surface area (Å²) < 4.78 is 39.7. The van der Waals surface area contributed by atoms with Gasteiger partial charge in [-0.15, -0.1) is 22.7 Å². The van der Waals surface area contributed by atoms with E-state index in [1.54, 1.807) is 68.3 Å². The second kappa shape index (κ2) is 23.4. The van der Waals surface area contributed by atoms with E-state index in [2.05, 4.69) is 29.0 Å². The average Bonchev–Trinajstić information content (AvgIpc) is 4.22. The predicted octanol–water partition coefficient (Wildman–Crippen LogP) is 10.1. The molecule has 71 heavy (non-hydrogen) atoms. The van der Waals surface area contributed by atoms with Crippen molar-refractivity contribution in [3.63, 3.8) is 0 Å². The summed E-state index contributed by atoms with van der Waals surface area (Å²) in [6.45, 7) is 14.5. The van der Waals surface area contributed by atoms with Gasteiger partial charge >= 0.3 is 6.03 Å². The van der Waals surface area contributed by atoms with Crippen LogP contribution in [0.25, 0.3) is 21.1 Å². The number of nitrogens with zero attached hydrogens (tertiary/aromatic N) is 6. The molecule has 2 unspecified atom stereocenters. The van der Waals surface area contributed by atoms with E-state index in [0.29, 0.717) is 61.6 Å². The third-order valence-corrected chi connectivity index (χ3v) is 18.1. The minimum atomic E-state index is -3.51. The van der Waals surface area contributed by atoms with Crippen LogP contribution in [0.2, 0.25) is 0 Å². The largest absolute Gasteiger partial charge is 0.494 e. The van der Waals surface area contributed by atoms with Crippen molar-refractivity contribution < 1.29 is 27.5 Å². The molecule has 0 saturated carbocycles. The number of benzene rings is 4. The molecule has 0 bridgehead atoms. The molecule has 13 nitrogen and oxygen atoms in total. The van der Waals surface area contributed by atoms with E-state index >= 15 is 0 Å². The topological polar surface area (TPSA) is 138 Å². The fourth-order valence-electron chi connectivity index (χ4n) is 9.64. The molecule has 0 aliphatic carbocycles. The van der Waals surface area contributed by atoms with Crippen LogP contribution in [0.1, 0.15) is 89.4 Å². The second-order valence-corrected chi connectivity index (χ2v) is 23.1. The number of hydrogen-bond acceptors (Lipinski definition) is 12. The number of carbonyl (C=O) groups is 2. The van der Waals surface area contributed by atoms with Crippen LogP contribution in [-0.2, 0) is 36.0 Å². The van der Waals surface area contributed by atoms with Crippen molar-refractivity contribution in [1.29, 1.82) is 0 Å². The average molecular weight is 1020 g/mol. The van der Waals surface area contributed by atoms with Gasteiger partial charge in [0.05, 0.1) is 42.6 Å². The first-order valence-corrected chi connectivity index (χ1v) is 28.2. The van der Waals surface area contributed by atoms with Gasteiger partial charge in [-0.25, -0.2) is 23.2 Å². The molecule has 4 aromatic carbocycles. The molecular weight excluding hydrogens is 951 g/mol. The van der Waals surface area contributed by atoms with Crippen LogP contribution in [0.4, 0.5) is 4.79 Å². The van der Waals surface area contributed by atoms with Crippen LogP contribution >= 0.6 is 22.7 Å². The molecule has 3 amide bonds. The van der Waals surface area contributed by atoms with Crippen molar-refractivity contribution in [2.45, 2.75) is 102 Å². The third-order valence-electron chi connectivity index (χ3n) is 13.9. The monoisotopic (exact) mass is 1020 g/mol. The molecular formula is C55H65N7O6S3. The zero-order valence-corrected chi connectivity index (χ0v) is 43.5. The van der Waals surface area contributed by atoms with Gasteiger partial charge in [-0.05, 0) is 145 Å². The Balaban J connectivity index is 0.000000176. The molecule has 16 heteroatoms. The Kier molecular flexibility index (Phi) is 16.6. The molecule has 4 aliphatic heterocycles. The molecule has 4 aliphatic rings. The smallest absolute Gasteiger partial charge is 0.324 e. The zero-order valence-electron chi connectivity index (χ0n) is 41.1. The highest BCUT2D eigenvalue weighted by Crippen LogP contribution is 2.35. The number of thiazole rings is 2. The van der Waals surface area contributed by atoms with Crippen LogP contribution in [0.15, 0.2) is 108 Å². The molecule has 0 radical (unpaired) electrons. The van der Waals surface area contributed by atoms with Crippen molar-refractivity contribution in [3.05, 3.63) is 135 Å². The van der Waals surface area contributed by atoms with Gasteiger partial charge in [0.1, 0.15) is 21.5 Å². The van der Waals surface area contributed by atoms with Crippen molar-refractivity contribution in [3.8, 4) is 32.6 Å². The molecule has 0 spiro atoms. The molecule has 374 valence electrons. The lowest BCUT2D eigenvalue weighted by Gasteiger charge is -2.25. The van der Waals surface area contributed by atoms with E-state index in [0.717, 1.165) is 98.5 Å². The van der Waals surface area contributed by atoms with Gasteiger partial charge in [-0.1, -0.05) is 35.9 Å². The summed E-state index contributed by atoms with van der Waals surface area (Å²) in [5.41, 5.74) is 5.64. The fourth-order valence-corrected chi connectivity index (χ4v) is 13.4. The molecule has 2 saturated heterocycles. The highest BCUT2D eigenvalue weighted by molar-refractivity contribution is 7.89.